The number of hydrogen-bond donors (Lipinski definition) is 2. The first kappa shape index (κ1) is 17.9. The first-order chi connectivity index (χ1) is 9.81. The Hall–Kier alpha value is -1.12. The van der Waals surface area contributed by atoms with Gasteiger partial charge in [0.05, 0.1) is 12.0 Å². The summed E-state index contributed by atoms with van der Waals surface area (Å²) in [5.74, 6) is -0.815. The Morgan fingerprint density at radius 3 is 2.67 bits per heavy atom. The van der Waals surface area contributed by atoms with Crippen molar-refractivity contribution in [3.63, 3.8) is 0 Å². The van der Waals surface area contributed by atoms with Crippen LogP contribution in [0.15, 0.2) is 27.6 Å². The molecule has 0 spiro atoms. The van der Waals surface area contributed by atoms with Gasteiger partial charge in [-0.05, 0) is 34.5 Å². The molecule has 0 bridgehead atoms. The average Bonchev–Trinajstić information content (AvgIpc) is 2.43. The van der Waals surface area contributed by atoms with Gasteiger partial charge in [0.2, 0.25) is 10.0 Å². The van der Waals surface area contributed by atoms with E-state index in [9.17, 15) is 13.2 Å². The molecule has 1 rings (SSSR count). The maximum Gasteiger partial charge on any atom is 0.321 e. The number of ether oxygens (including phenoxy) is 1. The number of benzene rings is 1. The predicted molar refractivity (Wildman–Crippen MR) is 82.0 cm³/mol. The molecule has 2 N–H and O–H groups in total. The molecule has 6 nitrogen and oxygen atoms in total. The number of carboxylic acid groups (broad SMARTS) is 1. The number of methoxy groups -OCH3 is 1. The highest BCUT2D eigenvalue weighted by atomic mass is 79.9. The van der Waals surface area contributed by atoms with Gasteiger partial charge in [-0.15, -0.1) is 0 Å². The average molecular weight is 380 g/mol. The van der Waals surface area contributed by atoms with E-state index in [1.807, 2.05) is 6.92 Å². The Labute approximate surface area is 132 Å². The smallest absolute Gasteiger partial charge is 0.321 e. The number of unbranched alkanes of at least 4 members (excludes halogenated alkanes) is 1. The van der Waals surface area contributed by atoms with Gasteiger partial charge >= 0.3 is 5.97 Å². The van der Waals surface area contributed by atoms with E-state index in [0.29, 0.717) is 16.6 Å². The molecule has 118 valence electrons. The standard InChI is InChI=1S/C13H18BrNO5S/c1-3-4-5-11(13(16)17)15-21(18,19)12-8-9(20-2)6-7-10(12)14/h6-8,11,15H,3-5H2,1-2H3,(H,16,17)/t11-/m0/s1. The molecule has 21 heavy (non-hydrogen) atoms. The van der Waals surface area contributed by atoms with Crippen LogP contribution in [-0.2, 0) is 14.8 Å². The van der Waals surface area contributed by atoms with Gasteiger partial charge in [-0.1, -0.05) is 19.8 Å². The Kier molecular flexibility index (Phi) is 6.63. The van der Waals surface area contributed by atoms with Crippen LogP contribution in [0.1, 0.15) is 26.2 Å². The molecular weight excluding hydrogens is 362 g/mol. The van der Waals surface area contributed by atoms with Crippen molar-refractivity contribution in [3.8, 4) is 5.75 Å². The summed E-state index contributed by atoms with van der Waals surface area (Å²) < 4.78 is 32.2. The van der Waals surface area contributed by atoms with Crippen LogP contribution in [0.5, 0.6) is 5.75 Å². The number of nitrogens with one attached hydrogen (secondary N) is 1. The second-order valence-corrected chi connectivity index (χ2v) is 6.99. The number of sulfonamides is 1. The van der Waals surface area contributed by atoms with E-state index >= 15 is 0 Å². The van der Waals surface area contributed by atoms with Crippen LogP contribution < -0.4 is 9.46 Å². The third-order valence-corrected chi connectivity index (χ3v) is 5.34. The van der Waals surface area contributed by atoms with E-state index in [4.69, 9.17) is 9.84 Å². The van der Waals surface area contributed by atoms with Crippen molar-refractivity contribution >= 4 is 31.9 Å². The minimum absolute atomic E-state index is 0.0513. The predicted octanol–water partition coefficient (Wildman–Crippen LogP) is 2.38. The summed E-state index contributed by atoms with van der Waals surface area (Å²) in [5.41, 5.74) is 0. The summed E-state index contributed by atoms with van der Waals surface area (Å²) in [5, 5.41) is 9.12. The van der Waals surface area contributed by atoms with Crippen molar-refractivity contribution < 1.29 is 23.1 Å². The van der Waals surface area contributed by atoms with Gasteiger partial charge < -0.3 is 9.84 Å². The van der Waals surface area contributed by atoms with E-state index in [-0.39, 0.29) is 11.3 Å². The number of rotatable bonds is 8. The third kappa shape index (κ3) is 4.98. The van der Waals surface area contributed by atoms with Crippen molar-refractivity contribution in [2.45, 2.75) is 37.1 Å². The molecule has 0 heterocycles. The monoisotopic (exact) mass is 379 g/mol. The van der Waals surface area contributed by atoms with Crippen LogP contribution in [0.3, 0.4) is 0 Å². The van der Waals surface area contributed by atoms with Crippen molar-refractivity contribution in [1.82, 2.24) is 4.72 Å². The second-order valence-electron chi connectivity index (χ2n) is 4.45. The fourth-order valence-electron chi connectivity index (χ4n) is 1.71. The largest absolute Gasteiger partial charge is 0.497 e. The van der Waals surface area contributed by atoms with E-state index in [2.05, 4.69) is 20.7 Å². The molecule has 0 aliphatic rings. The van der Waals surface area contributed by atoms with Gasteiger partial charge in [0.25, 0.3) is 0 Å². The molecular formula is C13H18BrNO5S. The van der Waals surface area contributed by atoms with Crippen molar-refractivity contribution in [1.29, 1.82) is 0 Å². The fraction of sp³-hybridized carbons (Fsp3) is 0.462. The molecule has 0 unspecified atom stereocenters. The molecule has 0 aromatic heterocycles. The Morgan fingerprint density at radius 2 is 2.14 bits per heavy atom. The third-order valence-electron chi connectivity index (χ3n) is 2.87. The first-order valence-corrected chi connectivity index (χ1v) is 8.68. The minimum Gasteiger partial charge on any atom is -0.497 e. The normalized spacial score (nSPS) is 12.9. The van der Waals surface area contributed by atoms with Crippen LogP contribution in [0, 0.1) is 0 Å². The van der Waals surface area contributed by atoms with Gasteiger partial charge in [0.15, 0.2) is 0 Å². The Bertz CT molecular complexity index is 603. The molecule has 8 heteroatoms. The number of carboxylic acids is 1. The summed E-state index contributed by atoms with van der Waals surface area (Å²) in [6, 6.07) is 3.34. The van der Waals surface area contributed by atoms with Crippen molar-refractivity contribution in [3.05, 3.63) is 22.7 Å². The summed E-state index contributed by atoms with van der Waals surface area (Å²) in [4.78, 5) is 11.1. The molecule has 0 aliphatic carbocycles. The van der Waals surface area contributed by atoms with Crippen molar-refractivity contribution in [2.24, 2.45) is 0 Å². The summed E-state index contributed by atoms with van der Waals surface area (Å²) in [6.45, 7) is 1.91. The molecule has 1 atom stereocenters. The van der Waals surface area contributed by atoms with Crippen LogP contribution in [0.2, 0.25) is 0 Å². The van der Waals surface area contributed by atoms with Gasteiger partial charge in [-0.3, -0.25) is 4.79 Å². The highest BCUT2D eigenvalue weighted by Gasteiger charge is 2.26. The van der Waals surface area contributed by atoms with E-state index in [0.717, 1.165) is 6.42 Å². The molecule has 0 aliphatic heterocycles. The van der Waals surface area contributed by atoms with Crippen LogP contribution >= 0.6 is 15.9 Å². The fourth-order valence-corrected chi connectivity index (χ4v) is 3.91. The van der Waals surface area contributed by atoms with Crippen LogP contribution in [-0.4, -0.2) is 32.6 Å². The number of carbonyl (C=O) groups is 1. The molecule has 1 aromatic carbocycles. The maximum absolute atomic E-state index is 12.3. The lowest BCUT2D eigenvalue weighted by atomic mass is 10.1. The maximum atomic E-state index is 12.3. The molecule has 0 fully saturated rings. The lowest BCUT2D eigenvalue weighted by molar-refractivity contribution is -0.139. The Morgan fingerprint density at radius 1 is 1.48 bits per heavy atom. The van der Waals surface area contributed by atoms with E-state index in [1.165, 1.54) is 19.2 Å². The number of halogens is 1. The lowest BCUT2D eigenvalue weighted by Crippen LogP contribution is -2.40. The zero-order valence-corrected chi connectivity index (χ0v) is 14.2. The van der Waals surface area contributed by atoms with E-state index in [1.54, 1.807) is 6.07 Å². The van der Waals surface area contributed by atoms with Gasteiger partial charge in [0.1, 0.15) is 11.8 Å². The van der Waals surface area contributed by atoms with Crippen molar-refractivity contribution in [2.75, 3.05) is 7.11 Å². The summed E-state index contributed by atoms with van der Waals surface area (Å²) >= 11 is 3.15. The Balaban J connectivity index is 3.07. The van der Waals surface area contributed by atoms with Gasteiger partial charge in [-0.2, -0.15) is 4.72 Å². The van der Waals surface area contributed by atoms with Gasteiger partial charge in [0, 0.05) is 10.5 Å². The zero-order valence-electron chi connectivity index (χ0n) is 11.8. The van der Waals surface area contributed by atoms with E-state index < -0.39 is 22.0 Å². The quantitative estimate of drug-likeness (QED) is 0.723. The summed E-state index contributed by atoms with van der Waals surface area (Å²) in [7, 11) is -2.53. The number of aliphatic carboxylic acids is 1. The molecule has 0 amide bonds. The van der Waals surface area contributed by atoms with Gasteiger partial charge in [-0.25, -0.2) is 8.42 Å². The molecule has 0 saturated carbocycles. The summed E-state index contributed by atoms with van der Waals surface area (Å²) in [6.07, 6.45) is 1.65. The topological polar surface area (TPSA) is 92.7 Å². The molecule has 0 radical (unpaired) electrons. The highest BCUT2D eigenvalue weighted by molar-refractivity contribution is 9.10. The number of hydrogen-bond acceptors (Lipinski definition) is 4. The molecule has 1 aromatic rings. The zero-order chi connectivity index (χ0) is 16.0. The SMILES string of the molecule is CCCC[C@H](NS(=O)(=O)c1cc(OC)ccc1Br)C(=O)O. The first-order valence-electron chi connectivity index (χ1n) is 6.40. The highest BCUT2D eigenvalue weighted by Crippen LogP contribution is 2.26. The van der Waals surface area contributed by atoms with Crippen LogP contribution in [0.4, 0.5) is 0 Å². The van der Waals surface area contributed by atoms with Crippen LogP contribution in [0.25, 0.3) is 0 Å². The second kappa shape index (κ2) is 7.77. The minimum atomic E-state index is -3.96. The molecule has 0 saturated heterocycles. The lowest BCUT2D eigenvalue weighted by Gasteiger charge is -2.15.